The fourth-order valence-corrected chi connectivity index (χ4v) is 1.85. The Bertz CT molecular complexity index is 506. The van der Waals surface area contributed by atoms with Crippen LogP contribution in [0.2, 0.25) is 10.0 Å². The molecule has 0 radical (unpaired) electrons. The number of carbonyl (C=O) groups excluding carboxylic acids is 2. The highest BCUT2D eigenvalue weighted by molar-refractivity contribution is 6.44. The van der Waals surface area contributed by atoms with E-state index in [1.807, 2.05) is 0 Å². The summed E-state index contributed by atoms with van der Waals surface area (Å²) in [4.78, 5) is 24.5. The minimum Gasteiger partial charge on any atom is -0.469 e. The number of halogens is 2. The van der Waals surface area contributed by atoms with Crippen molar-refractivity contribution in [2.75, 3.05) is 26.4 Å². The van der Waals surface area contributed by atoms with Gasteiger partial charge < -0.3 is 15.4 Å². The van der Waals surface area contributed by atoms with Crippen molar-refractivity contribution in [2.45, 2.75) is 6.42 Å². The summed E-state index contributed by atoms with van der Waals surface area (Å²) < 4.78 is 4.50. The second kappa shape index (κ2) is 6.63. The first-order chi connectivity index (χ1) is 8.86. The van der Waals surface area contributed by atoms with Gasteiger partial charge in [-0.1, -0.05) is 23.2 Å². The molecule has 7 heteroatoms. The normalized spacial score (nSPS) is 10.1. The highest BCUT2D eigenvalue weighted by Crippen LogP contribution is 2.29. The summed E-state index contributed by atoms with van der Waals surface area (Å²) in [6, 6.07) is 2.92. The van der Waals surface area contributed by atoms with Gasteiger partial charge in [0.25, 0.3) is 5.91 Å². The number of hydrogen-bond acceptors (Lipinski definition) is 4. The molecule has 1 amide bonds. The molecule has 19 heavy (non-hydrogen) atoms. The van der Waals surface area contributed by atoms with Crippen LogP contribution in [0.5, 0.6) is 0 Å². The van der Waals surface area contributed by atoms with Crippen molar-refractivity contribution in [1.82, 2.24) is 4.90 Å². The summed E-state index contributed by atoms with van der Waals surface area (Å²) in [5.74, 6) is -0.751. The summed E-state index contributed by atoms with van der Waals surface area (Å²) in [7, 11) is 2.84. The van der Waals surface area contributed by atoms with Gasteiger partial charge in [-0.15, -0.1) is 0 Å². The monoisotopic (exact) mass is 304 g/mol. The fourth-order valence-electron chi connectivity index (χ4n) is 1.43. The Balaban J connectivity index is 2.85. The van der Waals surface area contributed by atoms with E-state index in [1.165, 1.54) is 24.1 Å². The summed E-state index contributed by atoms with van der Waals surface area (Å²) in [6.07, 6.45) is 0.104. The lowest BCUT2D eigenvalue weighted by Gasteiger charge is -2.18. The molecule has 0 saturated heterocycles. The second-order valence-electron chi connectivity index (χ2n) is 3.92. The van der Waals surface area contributed by atoms with Gasteiger partial charge in [-0.3, -0.25) is 9.59 Å². The minimum atomic E-state index is -0.392. The zero-order valence-electron chi connectivity index (χ0n) is 10.6. The van der Waals surface area contributed by atoms with Crippen molar-refractivity contribution in [3.05, 3.63) is 27.7 Å². The summed E-state index contributed by atoms with van der Waals surface area (Å²) in [5.41, 5.74) is 6.18. The van der Waals surface area contributed by atoms with Gasteiger partial charge in [0.2, 0.25) is 0 Å². The third-order valence-corrected chi connectivity index (χ3v) is 3.31. The first kappa shape index (κ1) is 15.6. The number of esters is 1. The zero-order chi connectivity index (χ0) is 14.6. The van der Waals surface area contributed by atoms with Crippen molar-refractivity contribution in [3.8, 4) is 0 Å². The van der Waals surface area contributed by atoms with Crippen LogP contribution in [-0.4, -0.2) is 37.5 Å². The molecule has 1 aromatic carbocycles. The molecule has 0 aliphatic rings. The molecule has 104 valence electrons. The lowest BCUT2D eigenvalue weighted by molar-refractivity contribution is -0.140. The molecule has 5 nitrogen and oxygen atoms in total. The van der Waals surface area contributed by atoms with Crippen LogP contribution in [0.4, 0.5) is 5.69 Å². The van der Waals surface area contributed by atoms with Crippen molar-refractivity contribution in [1.29, 1.82) is 0 Å². The number of nitrogens with two attached hydrogens (primary N) is 1. The Hall–Kier alpha value is -1.46. The van der Waals surface area contributed by atoms with Gasteiger partial charge >= 0.3 is 5.97 Å². The Morgan fingerprint density at radius 1 is 1.37 bits per heavy atom. The summed E-state index contributed by atoms with van der Waals surface area (Å²) in [5, 5.41) is 0.358. The number of rotatable bonds is 4. The summed E-state index contributed by atoms with van der Waals surface area (Å²) >= 11 is 11.8. The molecular weight excluding hydrogens is 291 g/mol. The van der Waals surface area contributed by atoms with Gasteiger partial charge in [0.05, 0.1) is 29.1 Å². The fraction of sp³-hybridized carbons (Fsp3) is 0.333. The Morgan fingerprint density at radius 3 is 2.58 bits per heavy atom. The van der Waals surface area contributed by atoms with Gasteiger partial charge in [0.15, 0.2) is 0 Å². The molecule has 0 aromatic heterocycles. The maximum Gasteiger partial charge on any atom is 0.307 e. The highest BCUT2D eigenvalue weighted by Gasteiger charge is 2.18. The molecule has 0 aliphatic carbocycles. The van der Waals surface area contributed by atoms with E-state index in [4.69, 9.17) is 28.9 Å². The first-order valence-corrected chi connectivity index (χ1v) is 6.19. The number of amides is 1. The van der Waals surface area contributed by atoms with E-state index < -0.39 is 5.97 Å². The third-order valence-electron chi connectivity index (χ3n) is 2.51. The summed E-state index contributed by atoms with van der Waals surface area (Å²) in [6.45, 7) is 0.217. The predicted octanol–water partition coefficient (Wildman–Crippen LogP) is 2.21. The minimum absolute atomic E-state index is 0.104. The molecule has 1 aromatic rings. The number of anilines is 1. The molecule has 0 bridgehead atoms. The van der Waals surface area contributed by atoms with Crippen molar-refractivity contribution in [2.24, 2.45) is 0 Å². The molecule has 1 rings (SSSR count). The van der Waals surface area contributed by atoms with Crippen molar-refractivity contribution >= 4 is 40.8 Å². The van der Waals surface area contributed by atoms with Crippen LogP contribution in [0.25, 0.3) is 0 Å². The average Bonchev–Trinajstić information content (AvgIpc) is 2.38. The SMILES string of the molecule is COC(=O)CCN(C)C(=O)c1cc(N)cc(Cl)c1Cl. The average molecular weight is 305 g/mol. The second-order valence-corrected chi connectivity index (χ2v) is 4.70. The van der Waals surface area contributed by atoms with Crippen LogP contribution in [0.1, 0.15) is 16.8 Å². The van der Waals surface area contributed by atoms with Crippen molar-refractivity contribution in [3.63, 3.8) is 0 Å². The smallest absolute Gasteiger partial charge is 0.307 e. The Kier molecular flexibility index (Phi) is 5.44. The Morgan fingerprint density at radius 2 is 2.00 bits per heavy atom. The van der Waals surface area contributed by atoms with Gasteiger partial charge in [-0.2, -0.15) is 0 Å². The lowest BCUT2D eigenvalue weighted by Crippen LogP contribution is -2.29. The molecule has 0 fully saturated rings. The van der Waals surface area contributed by atoms with E-state index in [-0.39, 0.29) is 34.5 Å². The van der Waals surface area contributed by atoms with Gasteiger partial charge in [0.1, 0.15) is 0 Å². The standard InChI is InChI=1S/C12H14Cl2N2O3/c1-16(4-3-10(17)19-2)12(18)8-5-7(15)6-9(13)11(8)14/h5-6H,3-4,15H2,1-2H3. The van der Waals surface area contributed by atoms with Crippen LogP contribution in [-0.2, 0) is 9.53 Å². The van der Waals surface area contributed by atoms with E-state index in [9.17, 15) is 9.59 Å². The lowest BCUT2D eigenvalue weighted by atomic mass is 10.1. The number of nitrogen functional groups attached to an aromatic ring is 1. The van der Waals surface area contributed by atoms with Crippen LogP contribution in [0.3, 0.4) is 0 Å². The predicted molar refractivity (Wildman–Crippen MR) is 74.5 cm³/mol. The number of ether oxygens (including phenoxy) is 1. The molecule has 2 N–H and O–H groups in total. The topological polar surface area (TPSA) is 72.6 Å². The number of hydrogen-bond donors (Lipinski definition) is 1. The molecule has 0 unspecified atom stereocenters. The van der Waals surface area contributed by atoms with E-state index in [0.717, 1.165) is 0 Å². The van der Waals surface area contributed by atoms with Crippen LogP contribution in [0.15, 0.2) is 12.1 Å². The van der Waals surface area contributed by atoms with E-state index >= 15 is 0 Å². The maximum absolute atomic E-state index is 12.1. The number of nitrogens with zero attached hydrogens (tertiary/aromatic N) is 1. The zero-order valence-corrected chi connectivity index (χ0v) is 12.1. The van der Waals surface area contributed by atoms with Crippen LogP contribution < -0.4 is 5.73 Å². The van der Waals surface area contributed by atoms with Crippen LogP contribution >= 0.6 is 23.2 Å². The third kappa shape index (κ3) is 4.01. The number of methoxy groups -OCH3 is 1. The number of benzene rings is 1. The highest BCUT2D eigenvalue weighted by atomic mass is 35.5. The Labute approximate surface area is 121 Å². The molecule has 0 spiro atoms. The van der Waals surface area contributed by atoms with Gasteiger partial charge in [-0.05, 0) is 12.1 Å². The van der Waals surface area contributed by atoms with E-state index in [2.05, 4.69) is 4.74 Å². The van der Waals surface area contributed by atoms with Gasteiger partial charge in [-0.25, -0.2) is 0 Å². The molecule has 0 aliphatic heterocycles. The van der Waals surface area contributed by atoms with Gasteiger partial charge in [0, 0.05) is 19.3 Å². The van der Waals surface area contributed by atoms with Crippen molar-refractivity contribution < 1.29 is 14.3 Å². The molecular formula is C12H14Cl2N2O3. The van der Waals surface area contributed by atoms with E-state index in [1.54, 1.807) is 7.05 Å². The molecule has 0 saturated carbocycles. The van der Waals surface area contributed by atoms with Crippen LogP contribution in [0, 0.1) is 0 Å². The largest absolute Gasteiger partial charge is 0.469 e. The molecule has 0 atom stereocenters. The number of carbonyl (C=O) groups is 2. The quantitative estimate of drug-likeness (QED) is 0.684. The van der Waals surface area contributed by atoms with E-state index in [0.29, 0.717) is 5.69 Å². The molecule has 0 heterocycles. The maximum atomic E-state index is 12.1. The first-order valence-electron chi connectivity index (χ1n) is 5.43.